The lowest BCUT2D eigenvalue weighted by atomic mass is 9.96. The first-order chi connectivity index (χ1) is 21.7. The average Bonchev–Trinajstić information content (AvgIpc) is 3.58. The van der Waals surface area contributed by atoms with Crippen LogP contribution >= 0.6 is 11.6 Å². The van der Waals surface area contributed by atoms with Crippen LogP contribution in [0.15, 0.2) is 48.8 Å². The first-order valence-electron chi connectivity index (χ1n) is 14.1. The van der Waals surface area contributed by atoms with Crippen molar-refractivity contribution in [1.82, 2.24) is 41.1 Å². The monoisotopic (exact) mass is 640 g/mol. The van der Waals surface area contributed by atoms with Crippen molar-refractivity contribution in [1.29, 1.82) is 0 Å². The van der Waals surface area contributed by atoms with Gasteiger partial charge >= 0.3 is 17.8 Å². The number of aliphatic hydroxyl groups excluding tert-OH is 1. The molecule has 6 amide bonds. The number of carbonyl (C=O) groups excluding carboxylic acids is 5. The van der Waals surface area contributed by atoms with Gasteiger partial charge in [0.25, 0.3) is 0 Å². The molecule has 0 radical (unpaired) electrons. The Balaban J connectivity index is 1.32. The van der Waals surface area contributed by atoms with E-state index in [4.69, 9.17) is 16.7 Å². The maximum absolute atomic E-state index is 12.8. The molecule has 1 aliphatic heterocycles. The summed E-state index contributed by atoms with van der Waals surface area (Å²) in [5.74, 6) is -2.92. The molecule has 16 nitrogen and oxygen atoms in total. The van der Waals surface area contributed by atoms with Crippen molar-refractivity contribution in [2.75, 3.05) is 43.9 Å². The van der Waals surface area contributed by atoms with Gasteiger partial charge in [-0.25, -0.2) is 4.79 Å². The fourth-order valence-electron chi connectivity index (χ4n) is 4.70. The number of nitrogens with one attached hydrogen (secondary N) is 5. The van der Waals surface area contributed by atoms with Gasteiger partial charge in [-0.15, -0.1) is 5.10 Å². The van der Waals surface area contributed by atoms with Crippen LogP contribution in [0.25, 0.3) is 5.69 Å². The van der Waals surface area contributed by atoms with Crippen molar-refractivity contribution >= 4 is 52.6 Å². The summed E-state index contributed by atoms with van der Waals surface area (Å²) in [5.41, 5.74) is 1.72. The average molecular weight is 641 g/mol. The van der Waals surface area contributed by atoms with Crippen LogP contribution in [0.5, 0.6) is 0 Å². The molecule has 17 heteroatoms. The number of hydrogen-bond donors (Lipinski definition) is 6. The van der Waals surface area contributed by atoms with Crippen LogP contribution in [0.1, 0.15) is 18.4 Å². The Hall–Kier alpha value is -5.09. The number of aromatic nitrogens is 4. The molecule has 1 aromatic heterocycles. The van der Waals surface area contributed by atoms with Gasteiger partial charge in [-0.3, -0.25) is 19.2 Å². The standard InChI is InChI=1S/C28H33ClN10O6/c1-30-25(42)22(35-27(44)26(43)34-21-15-19(29)4-7-23(21)39-16-32-36-37-39)14-17-2-5-20(6-3-17)33-28(45)38-11-8-18(9-12-38)24(41)31-10-13-40/h2-7,15-16,18,22,40H,8-14H2,1H3,(H,30,42)(H,31,41)(H,33,45)(H,34,43)(H,35,44)/t22-/m0/s1. The molecule has 45 heavy (non-hydrogen) atoms. The smallest absolute Gasteiger partial charge is 0.321 e. The van der Waals surface area contributed by atoms with Crippen LogP contribution in [0.3, 0.4) is 0 Å². The van der Waals surface area contributed by atoms with E-state index in [-0.39, 0.29) is 43.1 Å². The van der Waals surface area contributed by atoms with E-state index in [0.717, 1.165) is 0 Å². The number of likely N-dealkylation sites (tertiary alicyclic amines) is 1. The zero-order valence-corrected chi connectivity index (χ0v) is 25.1. The van der Waals surface area contributed by atoms with Gasteiger partial charge in [0.1, 0.15) is 12.4 Å². The highest BCUT2D eigenvalue weighted by Crippen LogP contribution is 2.24. The highest BCUT2D eigenvalue weighted by atomic mass is 35.5. The van der Waals surface area contributed by atoms with Crippen LogP contribution in [0.2, 0.25) is 5.02 Å². The second-order valence-electron chi connectivity index (χ2n) is 10.1. The molecular formula is C28H33ClN10O6. The van der Waals surface area contributed by atoms with Gasteiger partial charge in [-0.1, -0.05) is 23.7 Å². The quantitative estimate of drug-likeness (QED) is 0.165. The Morgan fingerprint density at radius 2 is 1.76 bits per heavy atom. The molecule has 0 unspecified atom stereocenters. The lowest BCUT2D eigenvalue weighted by Crippen LogP contribution is -2.50. The third-order valence-corrected chi connectivity index (χ3v) is 7.32. The van der Waals surface area contributed by atoms with E-state index in [2.05, 4.69) is 42.1 Å². The number of piperidine rings is 1. The number of amides is 6. The van der Waals surface area contributed by atoms with Crippen LogP contribution < -0.4 is 26.6 Å². The third-order valence-electron chi connectivity index (χ3n) is 7.09. The lowest BCUT2D eigenvalue weighted by molar-refractivity contribution is -0.138. The summed E-state index contributed by atoms with van der Waals surface area (Å²) < 4.78 is 1.29. The van der Waals surface area contributed by atoms with Gasteiger partial charge in [0.2, 0.25) is 11.8 Å². The van der Waals surface area contributed by atoms with Crippen molar-refractivity contribution in [3.63, 3.8) is 0 Å². The minimum absolute atomic E-state index is 0.0613. The van der Waals surface area contributed by atoms with E-state index >= 15 is 0 Å². The Bertz CT molecular complexity index is 1510. The highest BCUT2D eigenvalue weighted by Gasteiger charge is 2.28. The molecular weight excluding hydrogens is 608 g/mol. The number of anilines is 2. The molecule has 2 heterocycles. The lowest BCUT2D eigenvalue weighted by Gasteiger charge is -2.31. The topological polar surface area (TPSA) is 213 Å². The van der Waals surface area contributed by atoms with Gasteiger partial charge in [0.15, 0.2) is 0 Å². The Morgan fingerprint density at radius 3 is 2.40 bits per heavy atom. The highest BCUT2D eigenvalue weighted by molar-refractivity contribution is 6.40. The summed E-state index contributed by atoms with van der Waals surface area (Å²) in [6, 6.07) is 9.90. The van der Waals surface area contributed by atoms with E-state index in [1.165, 1.54) is 24.1 Å². The summed E-state index contributed by atoms with van der Waals surface area (Å²) in [6.45, 7) is 0.910. The molecule has 0 saturated carbocycles. The van der Waals surface area contributed by atoms with E-state index in [0.29, 0.717) is 47.9 Å². The summed E-state index contributed by atoms with van der Waals surface area (Å²) in [7, 11) is 1.41. The SMILES string of the molecule is CNC(=O)[C@H](Cc1ccc(NC(=O)N2CCC(C(=O)NCCO)CC2)cc1)NC(=O)C(=O)Nc1cc(Cl)ccc1-n1cnnn1. The van der Waals surface area contributed by atoms with Crippen LogP contribution in [0, 0.1) is 5.92 Å². The van der Waals surface area contributed by atoms with E-state index in [1.54, 1.807) is 41.3 Å². The number of likely N-dealkylation sites (N-methyl/N-ethyl adjacent to an activating group) is 1. The molecule has 0 bridgehead atoms. The molecule has 0 spiro atoms. The summed E-state index contributed by atoms with van der Waals surface area (Å²) in [6.07, 6.45) is 2.41. The number of nitrogens with zero attached hydrogens (tertiary/aromatic N) is 5. The second kappa shape index (κ2) is 15.6. The number of hydrogen-bond acceptors (Lipinski definition) is 9. The van der Waals surface area contributed by atoms with Gasteiger partial charge < -0.3 is 36.6 Å². The molecule has 4 rings (SSSR count). The number of benzene rings is 2. The molecule has 0 aliphatic carbocycles. The zero-order chi connectivity index (χ0) is 32.3. The van der Waals surface area contributed by atoms with Gasteiger partial charge in [-0.2, -0.15) is 4.68 Å². The number of halogens is 1. The molecule has 6 N–H and O–H groups in total. The second-order valence-corrected chi connectivity index (χ2v) is 10.6. The number of aliphatic hydroxyl groups is 1. The first kappa shape index (κ1) is 32.8. The Labute approximate surface area is 262 Å². The number of carbonyl (C=O) groups is 5. The minimum Gasteiger partial charge on any atom is -0.395 e. The first-order valence-corrected chi connectivity index (χ1v) is 14.5. The van der Waals surface area contributed by atoms with Crippen LogP contribution in [0.4, 0.5) is 16.2 Å². The Morgan fingerprint density at radius 1 is 1.02 bits per heavy atom. The molecule has 1 aliphatic rings. The summed E-state index contributed by atoms with van der Waals surface area (Å²) >= 11 is 6.07. The predicted octanol–water partition coefficient (Wildman–Crippen LogP) is 0.0801. The molecule has 3 aromatic rings. The Kier molecular flexibility index (Phi) is 11.4. The van der Waals surface area contributed by atoms with Gasteiger partial charge in [-0.05, 0) is 59.2 Å². The van der Waals surface area contributed by atoms with Crippen LogP contribution in [-0.4, -0.2) is 99.2 Å². The summed E-state index contributed by atoms with van der Waals surface area (Å²) in [4.78, 5) is 64.7. The molecule has 1 fully saturated rings. The number of urea groups is 1. The molecule has 2 aromatic carbocycles. The molecule has 1 saturated heterocycles. The van der Waals surface area contributed by atoms with E-state index < -0.39 is 23.8 Å². The van der Waals surface area contributed by atoms with E-state index in [1.807, 2.05) is 0 Å². The van der Waals surface area contributed by atoms with Crippen molar-refractivity contribution < 1.29 is 29.1 Å². The molecule has 238 valence electrons. The van der Waals surface area contributed by atoms with Gasteiger partial charge in [0, 0.05) is 49.7 Å². The predicted molar refractivity (Wildman–Crippen MR) is 162 cm³/mol. The van der Waals surface area contributed by atoms with Crippen molar-refractivity contribution in [2.45, 2.75) is 25.3 Å². The summed E-state index contributed by atoms with van der Waals surface area (Å²) in [5, 5.41) is 33.0. The minimum atomic E-state index is -1.08. The third kappa shape index (κ3) is 8.96. The fraction of sp³-hybridized carbons (Fsp3) is 0.357. The number of tetrazole rings is 1. The van der Waals surface area contributed by atoms with Crippen molar-refractivity contribution in [2.24, 2.45) is 5.92 Å². The van der Waals surface area contributed by atoms with Crippen LogP contribution in [-0.2, 0) is 25.6 Å². The van der Waals surface area contributed by atoms with Crippen molar-refractivity contribution in [3.8, 4) is 5.69 Å². The molecule has 1 atom stereocenters. The van der Waals surface area contributed by atoms with Crippen molar-refractivity contribution in [3.05, 3.63) is 59.4 Å². The number of rotatable bonds is 10. The van der Waals surface area contributed by atoms with E-state index in [9.17, 15) is 24.0 Å². The van der Waals surface area contributed by atoms with Gasteiger partial charge in [0.05, 0.1) is 18.0 Å². The normalized spacial score (nSPS) is 13.8. The largest absolute Gasteiger partial charge is 0.395 e. The maximum atomic E-state index is 12.8. The zero-order valence-electron chi connectivity index (χ0n) is 24.3. The maximum Gasteiger partial charge on any atom is 0.321 e. The fourth-order valence-corrected chi connectivity index (χ4v) is 4.87.